The van der Waals surface area contributed by atoms with Crippen molar-refractivity contribution in [2.75, 3.05) is 33.2 Å². The predicted molar refractivity (Wildman–Crippen MR) is 77.1 cm³/mol. The molecule has 2 rings (SSSR count). The zero-order chi connectivity index (χ0) is 13.7. The van der Waals surface area contributed by atoms with E-state index < -0.39 is 0 Å². The molecule has 0 spiro atoms. The monoisotopic (exact) mass is 261 g/mol. The molecule has 1 aliphatic heterocycles. The van der Waals surface area contributed by atoms with Crippen molar-refractivity contribution in [3.8, 4) is 0 Å². The summed E-state index contributed by atoms with van der Waals surface area (Å²) in [5.74, 6) is 0.175. The van der Waals surface area contributed by atoms with Gasteiger partial charge in [0.2, 0.25) is 5.91 Å². The number of hydrogen-bond acceptors (Lipinski definition) is 3. The number of hydrogen-bond donors (Lipinski definition) is 2. The molecular weight excluding hydrogens is 238 g/mol. The lowest BCUT2D eigenvalue weighted by Crippen LogP contribution is -2.50. The van der Waals surface area contributed by atoms with Crippen LogP contribution in [0.25, 0.3) is 0 Å². The number of nitrogens with zero attached hydrogens (tertiary/aromatic N) is 1. The minimum atomic E-state index is 0.153. The van der Waals surface area contributed by atoms with Crippen molar-refractivity contribution in [2.24, 2.45) is 0 Å². The highest BCUT2D eigenvalue weighted by atomic mass is 16.2. The first-order chi connectivity index (χ1) is 9.26. The third-order valence-electron chi connectivity index (χ3n) is 3.66. The average Bonchev–Trinajstić information content (AvgIpc) is 2.47. The molecule has 1 aromatic rings. The van der Waals surface area contributed by atoms with Gasteiger partial charge in [0.25, 0.3) is 0 Å². The summed E-state index contributed by atoms with van der Waals surface area (Å²) in [6.45, 7) is 5.05. The number of likely N-dealkylation sites (N-methyl/N-ethyl adjacent to an activating group) is 1. The normalized spacial score (nSPS) is 19.5. The lowest BCUT2D eigenvalue weighted by atomic mass is 10.0. The van der Waals surface area contributed by atoms with Crippen molar-refractivity contribution in [1.29, 1.82) is 0 Å². The van der Waals surface area contributed by atoms with Gasteiger partial charge in [-0.3, -0.25) is 4.79 Å². The Labute approximate surface area is 115 Å². The Balaban J connectivity index is 2.15. The summed E-state index contributed by atoms with van der Waals surface area (Å²) in [6, 6.07) is 8.77. The minimum absolute atomic E-state index is 0.153. The second kappa shape index (κ2) is 6.68. The van der Waals surface area contributed by atoms with E-state index in [4.69, 9.17) is 0 Å². The Kier molecular flexibility index (Phi) is 4.93. The number of benzene rings is 1. The maximum absolute atomic E-state index is 12.1. The molecule has 0 radical (unpaired) electrons. The van der Waals surface area contributed by atoms with Crippen LogP contribution < -0.4 is 10.6 Å². The van der Waals surface area contributed by atoms with Crippen LogP contribution in [0.2, 0.25) is 0 Å². The van der Waals surface area contributed by atoms with E-state index in [-0.39, 0.29) is 11.9 Å². The van der Waals surface area contributed by atoms with Gasteiger partial charge in [-0.1, -0.05) is 31.2 Å². The molecule has 1 fully saturated rings. The number of aryl methyl sites for hydroxylation is 1. The molecule has 0 aliphatic carbocycles. The number of carbonyl (C=O) groups excluding carboxylic acids is 1. The highest BCUT2D eigenvalue weighted by Crippen LogP contribution is 2.22. The highest BCUT2D eigenvalue weighted by Gasteiger charge is 2.27. The molecule has 4 heteroatoms. The fourth-order valence-electron chi connectivity index (χ4n) is 2.53. The first kappa shape index (κ1) is 14.0. The Morgan fingerprint density at radius 2 is 2.16 bits per heavy atom. The zero-order valence-electron chi connectivity index (χ0n) is 11.8. The minimum Gasteiger partial charge on any atom is -0.332 e. The van der Waals surface area contributed by atoms with E-state index in [1.54, 1.807) is 0 Å². The van der Waals surface area contributed by atoms with Crippen molar-refractivity contribution in [2.45, 2.75) is 19.4 Å². The SMILES string of the molecule is CCc1ccc(C2CNCCN2C(=O)CNC)cc1. The molecule has 1 saturated heterocycles. The smallest absolute Gasteiger partial charge is 0.237 e. The van der Waals surface area contributed by atoms with Gasteiger partial charge in [0.05, 0.1) is 12.6 Å². The zero-order valence-corrected chi connectivity index (χ0v) is 11.8. The first-order valence-corrected chi connectivity index (χ1v) is 7.00. The van der Waals surface area contributed by atoms with Crippen LogP contribution in [0.3, 0.4) is 0 Å². The van der Waals surface area contributed by atoms with Gasteiger partial charge in [-0.25, -0.2) is 0 Å². The van der Waals surface area contributed by atoms with Gasteiger partial charge in [-0.15, -0.1) is 0 Å². The average molecular weight is 261 g/mol. The molecule has 1 aliphatic rings. The fraction of sp³-hybridized carbons (Fsp3) is 0.533. The lowest BCUT2D eigenvalue weighted by Gasteiger charge is -2.36. The van der Waals surface area contributed by atoms with E-state index >= 15 is 0 Å². The van der Waals surface area contributed by atoms with Crippen molar-refractivity contribution in [3.63, 3.8) is 0 Å². The lowest BCUT2D eigenvalue weighted by molar-refractivity contribution is -0.133. The molecule has 0 saturated carbocycles. The summed E-state index contributed by atoms with van der Waals surface area (Å²) in [6.07, 6.45) is 1.05. The predicted octanol–water partition coefficient (Wildman–Crippen LogP) is 0.941. The van der Waals surface area contributed by atoms with Crippen LogP contribution in [-0.2, 0) is 11.2 Å². The molecule has 1 heterocycles. The first-order valence-electron chi connectivity index (χ1n) is 7.00. The number of carbonyl (C=O) groups is 1. The van der Waals surface area contributed by atoms with Gasteiger partial charge in [-0.2, -0.15) is 0 Å². The van der Waals surface area contributed by atoms with Gasteiger partial charge in [0, 0.05) is 19.6 Å². The van der Waals surface area contributed by atoms with Crippen molar-refractivity contribution in [3.05, 3.63) is 35.4 Å². The van der Waals surface area contributed by atoms with E-state index in [0.29, 0.717) is 6.54 Å². The van der Waals surface area contributed by atoms with E-state index in [2.05, 4.69) is 41.8 Å². The Morgan fingerprint density at radius 3 is 2.79 bits per heavy atom. The van der Waals surface area contributed by atoms with Crippen LogP contribution in [-0.4, -0.2) is 44.0 Å². The largest absolute Gasteiger partial charge is 0.332 e. The van der Waals surface area contributed by atoms with Gasteiger partial charge >= 0.3 is 0 Å². The summed E-state index contributed by atoms with van der Waals surface area (Å²) in [5, 5.41) is 6.32. The van der Waals surface area contributed by atoms with Crippen LogP contribution in [0.15, 0.2) is 24.3 Å². The Bertz CT molecular complexity index is 416. The van der Waals surface area contributed by atoms with E-state index in [1.807, 2.05) is 11.9 Å². The van der Waals surface area contributed by atoms with Crippen molar-refractivity contribution < 1.29 is 4.79 Å². The van der Waals surface area contributed by atoms with Crippen LogP contribution in [0.4, 0.5) is 0 Å². The van der Waals surface area contributed by atoms with Crippen molar-refractivity contribution >= 4 is 5.91 Å². The molecule has 1 amide bonds. The fourth-order valence-corrected chi connectivity index (χ4v) is 2.53. The van der Waals surface area contributed by atoms with Gasteiger partial charge < -0.3 is 15.5 Å². The molecule has 1 aromatic carbocycles. The van der Waals surface area contributed by atoms with E-state index in [0.717, 1.165) is 26.1 Å². The number of amides is 1. The third kappa shape index (κ3) is 3.33. The molecule has 19 heavy (non-hydrogen) atoms. The maximum atomic E-state index is 12.1. The summed E-state index contributed by atoms with van der Waals surface area (Å²) in [5.41, 5.74) is 2.55. The molecule has 104 valence electrons. The molecule has 1 unspecified atom stereocenters. The second-order valence-corrected chi connectivity index (χ2v) is 4.93. The standard InChI is InChI=1S/C15H23N3O/c1-3-12-4-6-13(7-5-12)14-10-17-8-9-18(14)15(19)11-16-2/h4-7,14,16-17H,3,8-11H2,1-2H3. The highest BCUT2D eigenvalue weighted by molar-refractivity contribution is 5.79. The van der Waals surface area contributed by atoms with Crippen LogP contribution >= 0.6 is 0 Å². The van der Waals surface area contributed by atoms with Crippen molar-refractivity contribution in [1.82, 2.24) is 15.5 Å². The number of piperazine rings is 1. The van der Waals surface area contributed by atoms with Gasteiger partial charge in [0.15, 0.2) is 0 Å². The molecular formula is C15H23N3O. The number of nitrogens with one attached hydrogen (secondary N) is 2. The maximum Gasteiger partial charge on any atom is 0.237 e. The quantitative estimate of drug-likeness (QED) is 0.848. The summed E-state index contributed by atoms with van der Waals surface area (Å²) >= 11 is 0. The molecule has 0 aromatic heterocycles. The Morgan fingerprint density at radius 1 is 1.42 bits per heavy atom. The topological polar surface area (TPSA) is 44.4 Å². The number of rotatable bonds is 4. The second-order valence-electron chi connectivity index (χ2n) is 4.93. The molecule has 1 atom stereocenters. The summed E-state index contributed by atoms with van der Waals surface area (Å²) in [4.78, 5) is 14.1. The van der Waals surface area contributed by atoms with E-state index in [1.165, 1.54) is 11.1 Å². The Hall–Kier alpha value is -1.39. The summed E-state index contributed by atoms with van der Waals surface area (Å²) in [7, 11) is 1.81. The van der Waals surface area contributed by atoms with Crippen LogP contribution in [0.5, 0.6) is 0 Å². The molecule has 4 nitrogen and oxygen atoms in total. The summed E-state index contributed by atoms with van der Waals surface area (Å²) < 4.78 is 0. The van der Waals surface area contributed by atoms with Crippen LogP contribution in [0, 0.1) is 0 Å². The third-order valence-corrected chi connectivity index (χ3v) is 3.66. The molecule has 2 N–H and O–H groups in total. The van der Waals surface area contributed by atoms with E-state index in [9.17, 15) is 4.79 Å². The van der Waals surface area contributed by atoms with Gasteiger partial charge in [-0.05, 0) is 24.6 Å². The van der Waals surface area contributed by atoms with Crippen LogP contribution in [0.1, 0.15) is 24.1 Å². The van der Waals surface area contributed by atoms with Gasteiger partial charge in [0.1, 0.15) is 0 Å². The molecule has 0 bridgehead atoms.